The molecule has 0 spiro atoms. The van der Waals surface area contributed by atoms with Gasteiger partial charge in [-0.05, 0) is 35.9 Å². The van der Waals surface area contributed by atoms with Gasteiger partial charge >= 0.3 is 0 Å². The van der Waals surface area contributed by atoms with E-state index in [1.54, 1.807) is 41.1 Å². The van der Waals surface area contributed by atoms with Gasteiger partial charge in [0, 0.05) is 30.9 Å². The Balaban J connectivity index is 1.96. The highest BCUT2D eigenvalue weighted by Crippen LogP contribution is 2.46. The molecule has 1 aliphatic rings. The summed E-state index contributed by atoms with van der Waals surface area (Å²) < 4.78 is 17.4. The van der Waals surface area contributed by atoms with Crippen molar-refractivity contribution in [3.8, 4) is 0 Å². The lowest BCUT2D eigenvalue weighted by atomic mass is 10.3. The number of para-hydroxylation sites is 1. The normalized spacial score (nSPS) is 15.9. The van der Waals surface area contributed by atoms with Crippen LogP contribution in [0.15, 0.2) is 65.1 Å². The van der Waals surface area contributed by atoms with E-state index in [0.29, 0.717) is 16.8 Å². The molecule has 0 amide bonds. The molecule has 7 heteroatoms. The lowest BCUT2D eigenvalue weighted by Gasteiger charge is -2.12. The summed E-state index contributed by atoms with van der Waals surface area (Å²) in [6, 6.07) is 8.76. The fourth-order valence-corrected chi connectivity index (χ4v) is 5.39. The molecule has 0 aliphatic carbocycles. The van der Waals surface area contributed by atoms with Gasteiger partial charge in [-0.2, -0.15) is 0 Å². The first kappa shape index (κ1) is 17.8. The first-order valence-corrected chi connectivity index (χ1v) is 9.90. The lowest BCUT2D eigenvalue weighted by Crippen LogP contribution is -2.33. The van der Waals surface area contributed by atoms with Gasteiger partial charge in [0.05, 0.1) is 10.4 Å². The number of nitrogens with zero attached hydrogens (tertiary/aromatic N) is 3. The zero-order valence-corrected chi connectivity index (χ0v) is 16.2. The minimum atomic E-state index is -0.288. The second-order valence-electron chi connectivity index (χ2n) is 5.95. The number of thiazole rings is 1. The van der Waals surface area contributed by atoms with E-state index in [9.17, 15) is 9.18 Å². The van der Waals surface area contributed by atoms with Crippen molar-refractivity contribution < 1.29 is 4.39 Å². The van der Waals surface area contributed by atoms with Crippen LogP contribution >= 0.6 is 23.1 Å². The van der Waals surface area contributed by atoms with Crippen molar-refractivity contribution in [2.45, 2.75) is 11.4 Å². The fourth-order valence-electron chi connectivity index (χ4n) is 2.95. The van der Waals surface area contributed by atoms with Crippen LogP contribution in [0.4, 0.5) is 10.1 Å². The summed E-state index contributed by atoms with van der Waals surface area (Å²) >= 11 is 2.83. The fraction of sp³-hybridized carbons (Fsp3) is 0.100. The second-order valence-corrected chi connectivity index (χ2v) is 8.01. The highest BCUT2D eigenvalue weighted by molar-refractivity contribution is 8.08. The summed E-state index contributed by atoms with van der Waals surface area (Å²) in [5.41, 5.74) is 1.38. The molecule has 0 atom stereocenters. The molecule has 4 rings (SSSR count). The van der Waals surface area contributed by atoms with Crippen molar-refractivity contribution in [1.82, 2.24) is 9.55 Å². The number of allylic oxidation sites excluding steroid dienone is 1. The van der Waals surface area contributed by atoms with Crippen LogP contribution in [0.2, 0.25) is 0 Å². The number of halogens is 1. The highest BCUT2D eigenvalue weighted by atomic mass is 32.2. The number of rotatable bonds is 3. The predicted molar refractivity (Wildman–Crippen MR) is 110 cm³/mol. The van der Waals surface area contributed by atoms with Gasteiger partial charge in [-0.3, -0.25) is 14.3 Å². The van der Waals surface area contributed by atoms with E-state index in [1.807, 2.05) is 24.3 Å². The topological polar surface area (TPSA) is 38.1 Å². The summed E-state index contributed by atoms with van der Waals surface area (Å²) in [5, 5.41) is 0.747. The Hall–Kier alpha value is -2.64. The van der Waals surface area contributed by atoms with Gasteiger partial charge in [0.15, 0.2) is 0 Å². The molecule has 0 N–H and O–H groups in total. The lowest BCUT2D eigenvalue weighted by molar-refractivity contribution is 0.625. The van der Waals surface area contributed by atoms with Crippen molar-refractivity contribution in [3.63, 3.8) is 0 Å². The Morgan fingerprint density at radius 3 is 2.74 bits per heavy atom. The zero-order valence-electron chi connectivity index (χ0n) is 14.6. The average molecular weight is 398 g/mol. The van der Waals surface area contributed by atoms with E-state index in [0.717, 1.165) is 20.2 Å². The van der Waals surface area contributed by atoms with Gasteiger partial charge in [0.1, 0.15) is 15.4 Å². The standard InChI is InChI=1S/C20H16FN3OS2/c1-3-11-24-16(12-13-7-9-22-10-8-13)27-18(19(24)25)20-23(2)17-14(21)5-4-6-15(17)26-20/h3-10,12H,1,11H2,2H3/b16-12-,20-18+. The summed E-state index contributed by atoms with van der Waals surface area (Å²) in [6.07, 6.45) is 7.08. The smallest absolute Gasteiger partial charge is 0.272 e. The van der Waals surface area contributed by atoms with E-state index in [-0.39, 0.29) is 11.4 Å². The van der Waals surface area contributed by atoms with Gasteiger partial charge in [0.25, 0.3) is 5.56 Å². The van der Waals surface area contributed by atoms with Gasteiger partial charge in [0.2, 0.25) is 0 Å². The molecule has 0 saturated heterocycles. The molecule has 4 nitrogen and oxygen atoms in total. The first-order chi connectivity index (χ1) is 13.1. The van der Waals surface area contributed by atoms with Crippen LogP contribution in [0.5, 0.6) is 0 Å². The Kier molecular flexibility index (Phi) is 4.72. The molecule has 3 heterocycles. The number of fused-ring (bicyclic) bond motifs is 1. The molecule has 2 aromatic heterocycles. The third kappa shape index (κ3) is 3.13. The van der Waals surface area contributed by atoms with Crippen LogP contribution in [0.3, 0.4) is 0 Å². The molecule has 1 aliphatic heterocycles. The Bertz CT molecular complexity index is 1200. The molecule has 0 saturated carbocycles. The number of hydrogen-bond donors (Lipinski definition) is 0. The molecular formula is C20H16FN3OS2. The number of thioether (sulfide) groups is 1. The SMILES string of the molecule is C=CCn1c(=O)/c(=C2\Sc3cccc(F)c3N2C)s/c1=C\c1ccncc1. The number of aromatic nitrogens is 2. The molecule has 0 bridgehead atoms. The number of pyridine rings is 1. The van der Waals surface area contributed by atoms with Crippen molar-refractivity contribution in [2.75, 3.05) is 11.9 Å². The molecule has 27 heavy (non-hydrogen) atoms. The number of benzene rings is 1. The van der Waals surface area contributed by atoms with Crippen molar-refractivity contribution in [2.24, 2.45) is 0 Å². The summed E-state index contributed by atoms with van der Waals surface area (Å²) in [5.74, 6) is -0.288. The van der Waals surface area contributed by atoms with Gasteiger partial charge in [-0.1, -0.05) is 23.9 Å². The quantitative estimate of drug-likeness (QED) is 0.637. The molecule has 0 unspecified atom stereocenters. The van der Waals surface area contributed by atoms with Gasteiger partial charge in [-0.25, -0.2) is 4.39 Å². The monoisotopic (exact) mass is 397 g/mol. The minimum Gasteiger partial charge on any atom is -0.334 e. The second kappa shape index (κ2) is 7.17. The number of hydrogen-bond acceptors (Lipinski definition) is 5. The Morgan fingerprint density at radius 1 is 1.26 bits per heavy atom. The molecular weight excluding hydrogens is 381 g/mol. The van der Waals surface area contributed by atoms with E-state index in [2.05, 4.69) is 11.6 Å². The molecule has 0 fully saturated rings. The maximum Gasteiger partial charge on any atom is 0.272 e. The predicted octanol–water partition coefficient (Wildman–Crippen LogP) is 2.77. The molecule has 136 valence electrons. The third-order valence-electron chi connectivity index (χ3n) is 4.21. The van der Waals surface area contributed by atoms with Crippen molar-refractivity contribution in [3.05, 3.63) is 86.3 Å². The average Bonchev–Trinajstić information content (AvgIpc) is 3.15. The van der Waals surface area contributed by atoms with Crippen LogP contribution < -0.4 is 19.7 Å². The van der Waals surface area contributed by atoms with Crippen LogP contribution in [-0.4, -0.2) is 16.6 Å². The minimum absolute atomic E-state index is 0.0947. The van der Waals surface area contributed by atoms with E-state index in [1.165, 1.54) is 29.2 Å². The summed E-state index contributed by atoms with van der Waals surface area (Å²) in [4.78, 5) is 19.7. The van der Waals surface area contributed by atoms with Gasteiger partial charge < -0.3 is 4.90 Å². The van der Waals surface area contributed by atoms with Crippen molar-refractivity contribution >= 4 is 39.9 Å². The summed E-state index contributed by atoms with van der Waals surface area (Å²) in [6.45, 7) is 4.17. The van der Waals surface area contributed by atoms with Crippen LogP contribution in [0.1, 0.15) is 5.56 Å². The Morgan fingerprint density at radius 2 is 2.04 bits per heavy atom. The van der Waals surface area contributed by atoms with Crippen LogP contribution in [0, 0.1) is 5.82 Å². The van der Waals surface area contributed by atoms with Crippen LogP contribution in [0.25, 0.3) is 11.1 Å². The first-order valence-electron chi connectivity index (χ1n) is 8.27. The van der Waals surface area contributed by atoms with Crippen molar-refractivity contribution in [1.29, 1.82) is 0 Å². The third-order valence-corrected chi connectivity index (χ3v) is 6.68. The van der Waals surface area contributed by atoms with Crippen LogP contribution in [-0.2, 0) is 6.54 Å². The summed E-state index contributed by atoms with van der Waals surface area (Å²) in [7, 11) is 1.79. The van der Waals surface area contributed by atoms with Gasteiger partial charge in [-0.15, -0.1) is 17.9 Å². The zero-order chi connectivity index (χ0) is 19.0. The van der Waals surface area contributed by atoms with E-state index < -0.39 is 0 Å². The maximum absolute atomic E-state index is 14.2. The number of anilines is 1. The molecule has 3 aromatic rings. The van der Waals surface area contributed by atoms with E-state index in [4.69, 9.17) is 0 Å². The largest absolute Gasteiger partial charge is 0.334 e. The molecule has 1 aromatic carbocycles. The highest BCUT2D eigenvalue weighted by Gasteiger charge is 2.27. The molecule has 0 radical (unpaired) electrons. The van der Waals surface area contributed by atoms with E-state index >= 15 is 0 Å². The Labute approximate surface area is 163 Å². The maximum atomic E-state index is 14.2.